The lowest BCUT2D eigenvalue weighted by Gasteiger charge is -2.10. The van der Waals surface area contributed by atoms with Crippen LogP contribution in [0.2, 0.25) is 0 Å². The van der Waals surface area contributed by atoms with Crippen LogP contribution in [0.4, 0.5) is 0 Å². The molecule has 0 bridgehead atoms. The van der Waals surface area contributed by atoms with Gasteiger partial charge in [-0.3, -0.25) is 0 Å². The van der Waals surface area contributed by atoms with Crippen molar-refractivity contribution in [1.82, 2.24) is 0 Å². The van der Waals surface area contributed by atoms with Crippen LogP contribution in [0.5, 0.6) is 17.2 Å². The van der Waals surface area contributed by atoms with Crippen molar-refractivity contribution in [2.45, 2.75) is 6.42 Å². The Morgan fingerprint density at radius 1 is 0.944 bits per heavy atom. The molecule has 0 saturated heterocycles. The molecular weight excluding hydrogens is 228 g/mol. The Bertz CT molecular complexity index is 491. The van der Waals surface area contributed by atoms with Crippen LogP contribution >= 0.6 is 0 Å². The largest absolute Gasteiger partial charge is 0.508 e. The summed E-state index contributed by atoms with van der Waals surface area (Å²) in [4.78, 5) is 0. The summed E-state index contributed by atoms with van der Waals surface area (Å²) >= 11 is 0. The van der Waals surface area contributed by atoms with Crippen molar-refractivity contribution >= 4 is 0 Å². The molecule has 0 atom stereocenters. The van der Waals surface area contributed by atoms with Crippen LogP contribution in [0, 0.1) is 0 Å². The monoisotopic (exact) mass is 244 g/mol. The third-order valence-electron chi connectivity index (χ3n) is 2.65. The molecule has 0 heterocycles. The van der Waals surface area contributed by atoms with Crippen molar-refractivity contribution in [3.63, 3.8) is 0 Å². The van der Waals surface area contributed by atoms with Gasteiger partial charge < -0.3 is 14.6 Å². The summed E-state index contributed by atoms with van der Waals surface area (Å²) in [6.07, 6.45) is 0.790. The molecule has 0 amide bonds. The fraction of sp³-hybridized carbons (Fsp3) is 0.200. The molecule has 0 spiro atoms. The molecule has 0 fully saturated rings. The fourth-order valence-electron chi connectivity index (χ4n) is 1.68. The molecule has 0 aliphatic rings. The first-order valence-electron chi connectivity index (χ1n) is 5.83. The van der Waals surface area contributed by atoms with Crippen molar-refractivity contribution in [2.24, 2.45) is 0 Å². The Balaban J connectivity index is 1.90. The number of aromatic hydroxyl groups is 1. The Hall–Kier alpha value is -2.16. The molecule has 18 heavy (non-hydrogen) atoms. The highest BCUT2D eigenvalue weighted by atomic mass is 16.5. The van der Waals surface area contributed by atoms with Gasteiger partial charge in [0.15, 0.2) is 11.5 Å². The lowest BCUT2D eigenvalue weighted by atomic mass is 10.1. The summed E-state index contributed by atoms with van der Waals surface area (Å²) in [5.74, 6) is 1.77. The number of phenolic OH excluding ortho intramolecular Hbond substituents is 1. The molecule has 0 aliphatic heterocycles. The van der Waals surface area contributed by atoms with E-state index in [9.17, 15) is 5.11 Å². The Labute approximate surface area is 107 Å². The molecule has 0 saturated carbocycles. The Morgan fingerprint density at radius 2 is 1.61 bits per heavy atom. The van der Waals surface area contributed by atoms with Crippen molar-refractivity contribution < 1.29 is 14.6 Å². The molecule has 1 N–H and O–H groups in total. The number of rotatable bonds is 5. The number of hydrogen-bond donors (Lipinski definition) is 1. The summed E-state index contributed by atoms with van der Waals surface area (Å²) in [6.45, 7) is 0.575. The van der Waals surface area contributed by atoms with Gasteiger partial charge in [0, 0.05) is 6.42 Å². The van der Waals surface area contributed by atoms with Crippen LogP contribution in [0.1, 0.15) is 5.56 Å². The molecule has 3 heteroatoms. The van der Waals surface area contributed by atoms with E-state index < -0.39 is 0 Å². The lowest BCUT2D eigenvalue weighted by molar-refractivity contribution is 0.297. The van der Waals surface area contributed by atoms with Crippen LogP contribution in [0.3, 0.4) is 0 Å². The van der Waals surface area contributed by atoms with E-state index in [0.717, 1.165) is 23.5 Å². The number of phenols is 1. The van der Waals surface area contributed by atoms with E-state index in [1.807, 2.05) is 36.4 Å². The summed E-state index contributed by atoms with van der Waals surface area (Å²) in [6, 6.07) is 14.7. The van der Waals surface area contributed by atoms with Gasteiger partial charge in [0.1, 0.15) is 5.75 Å². The van der Waals surface area contributed by atoms with Gasteiger partial charge in [-0.25, -0.2) is 0 Å². The predicted octanol–water partition coefficient (Wildman–Crippen LogP) is 3.02. The summed E-state index contributed by atoms with van der Waals surface area (Å²) in [5, 5.41) is 9.18. The molecule has 2 aromatic carbocycles. The van der Waals surface area contributed by atoms with Crippen LogP contribution in [0.15, 0.2) is 48.5 Å². The standard InChI is InChI=1S/C15H16O3/c1-17-14-4-2-3-5-15(14)18-11-10-12-6-8-13(16)9-7-12/h2-9,16H,10-11H2,1H3. The van der Waals surface area contributed by atoms with Crippen molar-refractivity contribution in [2.75, 3.05) is 13.7 Å². The second-order valence-corrected chi connectivity index (χ2v) is 3.92. The van der Waals surface area contributed by atoms with Gasteiger partial charge in [0.25, 0.3) is 0 Å². The van der Waals surface area contributed by atoms with E-state index in [-0.39, 0.29) is 5.75 Å². The van der Waals surface area contributed by atoms with Gasteiger partial charge in [0.05, 0.1) is 13.7 Å². The zero-order valence-corrected chi connectivity index (χ0v) is 10.3. The van der Waals surface area contributed by atoms with Gasteiger partial charge in [-0.2, -0.15) is 0 Å². The molecule has 3 nitrogen and oxygen atoms in total. The summed E-state index contributed by atoms with van der Waals surface area (Å²) in [7, 11) is 1.63. The quantitative estimate of drug-likeness (QED) is 0.878. The SMILES string of the molecule is COc1ccccc1OCCc1ccc(O)cc1. The minimum Gasteiger partial charge on any atom is -0.508 e. The van der Waals surface area contributed by atoms with Crippen molar-refractivity contribution in [3.8, 4) is 17.2 Å². The highest BCUT2D eigenvalue weighted by molar-refractivity contribution is 5.39. The molecule has 0 unspecified atom stereocenters. The number of methoxy groups -OCH3 is 1. The normalized spacial score (nSPS) is 10.1. The zero-order valence-electron chi connectivity index (χ0n) is 10.3. The first-order valence-corrected chi connectivity index (χ1v) is 5.83. The fourth-order valence-corrected chi connectivity index (χ4v) is 1.68. The topological polar surface area (TPSA) is 38.7 Å². The average molecular weight is 244 g/mol. The second kappa shape index (κ2) is 5.96. The van der Waals surface area contributed by atoms with Crippen molar-refractivity contribution in [3.05, 3.63) is 54.1 Å². The summed E-state index contributed by atoms with van der Waals surface area (Å²) in [5.41, 5.74) is 1.13. The smallest absolute Gasteiger partial charge is 0.161 e. The molecular formula is C15H16O3. The third-order valence-corrected chi connectivity index (χ3v) is 2.65. The van der Waals surface area contributed by atoms with Gasteiger partial charge in [-0.15, -0.1) is 0 Å². The second-order valence-electron chi connectivity index (χ2n) is 3.92. The van der Waals surface area contributed by atoms with Crippen LogP contribution in [-0.2, 0) is 6.42 Å². The zero-order chi connectivity index (χ0) is 12.8. The third kappa shape index (κ3) is 3.17. The minimum absolute atomic E-state index is 0.282. The van der Waals surface area contributed by atoms with E-state index >= 15 is 0 Å². The first kappa shape index (κ1) is 12.3. The Kier molecular flexibility index (Phi) is 4.07. The maximum absolute atomic E-state index is 9.18. The van der Waals surface area contributed by atoms with E-state index in [0.29, 0.717) is 6.61 Å². The summed E-state index contributed by atoms with van der Waals surface area (Å²) < 4.78 is 10.9. The maximum Gasteiger partial charge on any atom is 0.161 e. The van der Waals surface area contributed by atoms with Crippen LogP contribution < -0.4 is 9.47 Å². The first-order chi connectivity index (χ1) is 8.79. The van der Waals surface area contributed by atoms with Crippen molar-refractivity contribution in [1.29, 1.82) is 0 Å². The predicted molar refractivity (Wildman–Crippen MR) is 70.3 cm³/mol. The van der Waals surface area contributed by atoms with Gasteiger partial charge in [-0.05, 0) is 29.8 Å². The highest BCUT2D eigenvalue weighted by Crippen LogP contribution is 2.25. The molecule has 2 aromatic rings. The van der Waals surface area contributed by atoms with Gasteiger partial charge in [0.2, 0.25) is 0 Å². The van der Waals surface area contributed by atoms with Crippen LogP contribution in [0.25, 0.3) is 0 Å². The van der Waals surface area contributed by atoms with Gasteiger partial charge >= 0.3 is 0 Å². The molecule has 0 radical (unpaired) electrons. The maximum atomic E-state index is 9.18. The number of para-hydroxylation sites is 2. The molecule has 0 aliphatic carbocycles. The number of benzene rings is 2. The Morgan fingerprint density at radius 3 is 2.28 bits per heavy atom. The van der Waals surface area contributed by atoms with E-state index in [1.54, 1.807) is 19.2 Å². The number of hydrogen-bond acceptors (Lipinski definition) is 3. The van der Waals surface area contributed by atoms with E-state index in [2.05, 4.69) is 0 Å². The number of ether oxygens (including phenoxy) is 2. The van der Waals surface area contributed by atoms with Gasteiger partial charge in [-0.1, -0.05) is 24.3 Å². The average Bonchev–Trinajstić information content (AvgIpc) is 2.41. The minimum atomic E-state index is 0.282. The lowest BCUT2D eigenvalue weighted by Crippen LogP contribution is -2.02. The van der Waals surface area contributed by atoms with E-state index in [1.165, 1.54) is 0 Å². The molecule has 0 aromatic heterocycles. The molecule has 2 rings (SSSR count). The molecule has 94 valence electrons. The van der Waals surface area contributed by atoms with Crippen LogP contribution in [-0.4, -0.2) is 18.8 Å². The highest BCUT2D eigenvalue weighted by Gasteiger charge is 2.02. The van der Waals surface area contributed by atoms with E-state index in [4.69, 9.17) is 9.47 Å².